The Kier molecular flexibility index (Phi) is 17.6. The van der Waals surface area contributed by atoms with E-state index < -0.39 is 5.97 Å². The number of fused-ring (bicyclic) bond motifs is 4. The van der Waals surface area contributed by atoms with E-state index in [2.05, 4.69) is 15.4 Å². The Morgan fingerprint density at radius 2 is 0.905 bits per heavy atom. The molecule has 4 heterocycles. The van der Waals surface area contributed by atoms with Crippen molar-refractivity contribution in [1.29, 1.82) is 0 Å². The molecule has 0 bridgehead atoms. The molecular weight excluding hydrogens is 885 g/mol. The maximum atomic E-state index is 11.8. The smallest absolute Gasteiger partial charge is 0.341 e. The van der Waals surface area contributed by atoms with E-state index in [1.165, 1.54) is 104 Å². The molecule has 4 aromatic heterocycles. The maximum absolute atomic E-state index is 11.8. The number of nitrogen functional groups attached to an aromatic ring is 2. The third-order valence-corrected chi connectivity index (χ3v) is 14.1. The van der Waals surface area contributed by atoms with Gasteiger partial charge in [0.15, 0.2) is 0 Å². The van der Waals surface area contributed by atoms with Crippen LogP contribution in [0.15, 0.2) is 48.5 Å². The molecular formula is C45H54N4O10S4. The summed E-state index contributed by atoms with van der Waals surface area (Å²) in [5.41, 5.74) is 15.8. The Labute approximate surface area is 384 Å². The van der Waals surface area contributed by atoms with Crippen LogP contribution in [0.2, 0.25) is 0 Å². The van der Waals surface area contributed by atoms with Crippen LogP contribution in [-0.2, 0) is 54.2 Å². The SMILES string of the molecule is C.COC(=O)c1c(N)sc2c1CCCC2.COC(=O)c1c(N)sc2ccccc12.COC(=O)c1c(NC(C)=O)sc2c1CCCC2.COC(=O)c1c(NC(C)=O)sc2ccccc12.[2H][2H]. The van der Waals surface area contributed by atoms with Gasteiger partial charge in [-0.2, -0.15) is 0 Å². The number of aryl methyl sites for hydroxylation is 2. The highest BCUT2D eigenvalue weighted by Gasteiger charge is 2.27. The van der Waals surface area contributed by atoms with Gasteiger partial charge in [0.2, 0.25) is 11.8 Å². The topological polar surface area (TPSA) is 215 Å². The molecule has 18 heteroatoms. The molecule has 0 spiro atoms. The fourth-order valence-electron chi connectivity index (χ4n) is 7.02. The van der Waals surface area contributed by atoms with E-state index in [1.54, 1.807) is 0 Å². The zero-order valence-corrected chi connectivity index (χ0v) is 38.4. The van der Waals surface area contributed by atoms with Gasteiger partial charge in [0.1, 0.15) is 31.1 Å². The van der Waals surface area contributed by atoms with Gasteiger partial charge >= 0.3 is 23.9 Å². The molecule has 0 saturated heterocycles. The zero-order chi connectivity index (χ0) is 47.1. The highest BCUT2D eigenvalue weighted by Crippen LogP contribution is 2.40. The number of hydrogen-bond acceptors (Lipinski definition) is 16. The summed E-state index contributed by atoms with van der Waals surface area (Å²) >= 11 is 5.80. The van der Waals surface area contributed by atoms with E-state index in [4.69, 9.17) is 28.6 Å². The highest BCUT2D eigenvalue weighted by molar-refractivity contribution is 7.23. The van der Waals surface area contributed by atoms with Crippen molar-refractivity contribution < 1.29 is 50.7 Å². The van der Waals surface area contributed by atoms with E-state index in [0.29, 0.717) is 42.3 Å². The molecule has 6 aromatic rings. The quantitative estimate of drug-likeness (QED) is 0.0907. The third-order valence-electron chi connectivity index (χ3n) is 9.73. The van der Waals surface area contributed by atoms with Crippen LogP contribution in [0.25, 0.3) is 20.2 Å². The molecule has 338 valence electrons. The number of thiophene rings is 4. The molecule has 0 atom stereocenters. The number of nitrogens with one attached hydrogen (secondary N) is 2. The van der Waals surface area contributed by atoms with Crippen LogP contribution in [0.3, 0.4) is 0 Å². The van der Waals surface area contributed by atoms with Gasteiger partial charge in [-0.15, -0.1) is 45.3 Å². The second-order valence-corrected chi connectivity index (χ2v) is 18.2. The molecule has 2 aliphatic carbocycles. The number of hydrogen-bond donors (Lipinski definition) is 4. The summed E-state index contributed by atoms with van der Waals surface area (Å²) in [5, 5.41) is 9.34. The normalized spacial score (nSPS) is 12.3. The number of carbonyl (C=O) groups excluding carboxylic acids is 6. The predicted molar refractivity (Wildman–Crippen MR) is 257 cm³/mol. The first-order valence-electron chi connectivity index (χ1n) is 20.5. The van der Waals surface area contributed by atoms with E-state index >= 15 is 0 Å². The van der Waals surface area contributed by atoms with Crippen LogP contribution in [0.1, 0.15) is 112 Å². The lowest BCUT2D eigenvalue weighted by Gasteiger charge is -2.11. The van der Waals surface area contributed by atoms with E-state index in [1.807, 2.05) is 48.5 Å². The first-order chi connectivity index (χ1) is 30.7. The number of anilines is 4. The zero-order valence-electron chi connectivity index (χ0n) is 37.1. The third kappa shape index (κ3) is 11.8. The van der Waals surface area contributed by atoms with E-state index in [0.717, 1.165) is 76.2 Å². The number of ether oxygens (including phenoxy) is 4. The van der Waals surface area contributed by atoms with Gasteiger partial charge in [0, 0.05) is 46.7 Å². The summed E-state index contributed by atoms with van der Waals surface area (Å²) < 4.78 is 30.9. The number of nitrogens with two attached hydrogens (primary N) is 2. The van der Waals surface area contributed by atoms with Gasteiger partial charge in [-0.05, 0) is 74.6 Å². The minimum absolute atomic E-state index is 0. The first-order valence-corrected chi connectivity index (χ1v) is 22.7. The molecule has 0 radical (unpaired) electrons. The number of carbonyl (C=O) groups is 6. The minimum Gasteiger partial charge on any atom is -0.465 e. The number of methoxy groups -OCH3 is 4. The van der Waals surface area contributed by atoms with Crippen molar-refractivity contribution in [3.8, 4) is 0 Å². The van der Waals surface area contributed by atoms with Crippen LogP contribution < -0.4 is 22.1 Å². The molecule has 2 aliphatic rings. The van der Waals surface area contributed by atoms with Crippen molar-refractivity contribution >= 4 is 121 Å². The van der Waals surface area contributed by atoms with Gasteiger partial charge in [0.25, 0.3) is 0 Å². The second kappa shape index (κ2) is 23.0. The second-order valence-electron chi connectivity index (χ2n) is 13.8. The molecule has 6 N–H and O–H groups in total. The highest BCUT2D eigenvalue weighted by atomic mass is 32.1. The van der Waals surface area contributed by atoms with Crippen LogP contribution >= 0.6 is 45.3 Å². The summed E-state index contributed by atoms with van der Waals surface area (Å²) in [6.45, 7) is 2.85. The molecule has 8 rings (SSSR count). The summed E-state index contributed by atoms with van der Waals surface area (Å²) in [6, 6.07) is 15.1. The lowest BCUT2D eigenvalue weighted by atomic mass is 9.95. The van der Waals surface area contributed by atoms with E-state index in [-0.39, 0.29) is 37.1 Å². The molecule has 63 heavy (non-hydrogen) atoms. The van der Waals surface area contributed by atoms with Crippen LogP contribution in [0.4, 0.5) is 20.0 Å². The average Bonchev–Trinajstić information content (AvgIpc) is 4.04. The predicted octanol–water partition coefficient (Wildman–Crippen LogP) is 10.2. The summed E-state index contributed by atoms with van der Waals surface area (Å²) in [7, 11) is 5.45. The first kappa shape index (κ1) is 48.2. The number of benzene rings is 2. The van der Waals surface area contributed by atoms with Gasteiger partial charge in [-0.25, -0.2) is 19.2 Å². The largest absolute Gasteiger partial charge is 0.465 e. The summed E-state index contributed by atoms with van der Waals surface area (Å²) in [5.74, 6) is -1.82. The van der Waals surface area contributed by atoms with Crippen LogP contribution in [0, 0.1) is 0 Å². The van der Waals surface area contributed by atoms with Crippen LogP contribution in [0.5, 0.6) is 0 Å². The Bertz CT molecular complexity index is 2640. The summed E-state index contributed by atoms with van der Waals surface area (Å²) in [6.07, 6.45) is 8.50. The number of rotatable bonds is 6. The van der Waals surface area contributed by atoms with Gasteiger partial charge in [-0.3, -0.25) is 9.59 Å². The van der Waals surface area contributed by atoms with Crippen molar-refractivity contribution in [3.05, 3.63) is 91.7 Å². The lowest BCUT2D eigenvalue weighted by Crippen LogP contribution is -2.12. The van der Waals surface area contributed by atoms with Crippen molar-refractivity contribution in [2.75, 3.05) is 50.5 Å². The van der Waals surface area contributed by atoms with Crippen molar-refractivity contribution in [3.63, 3.8) is 0 Å². The lowest BCUT2D eigenvalue weighted by molar-refractivity contribution is -0.115. The molecule has 14 nitrogen and oxygen atoms in total. The Morgan fingerprint density at radius 1 is 0.524 bits per heavy atom. The van der Waals surface area contributed by atoms with Crippen LogP contribution in [-0.4, -0.2) is 64.1 Å². The molecule has 0 aliphatic heterocycles. The van der Waals surface area contributed by atoms with E-state index in [9.17, 15) is 28.8 Å². The fraction of sp³-hybridized carbons (Fsp3) is 0.333. The molecule has 0 fully saturated rings. The van der Waals surface area contributed by atoms with Gasteiger partial charge in [0.05, 0.1) is 39.6 Å². The Hall–Kier alpha value is -5.82. The monoisotopic (exact) mass is 940 g/mol. The molecule has 2 amide bonds. The van der Waals surface area contributed by atoms with Crippen molar-refractivity contribution in [1.82, 2.24) is 0 Å². The van der Waals surface area contributed by atoms with Gasteiger partial charge < -0.3 is 41.0 Å². The maximum Gasteiger partial charge on any atom is 0.341 e. The Balaban J connectivity index is 0.000000227. The average molecular weight is 941 g/mol. The number of amides is 2. The minimum atomic E-state index is -0.439. The van der Waals surface area contributed by atoms with Crippen molar-refractivity contribution in [2.45, 2.75) is 72.6 Å². The molecule has 0 unspecified atom stereocenters. The standard InChI is InChI=1S/C12H15NO3S.C12H11NO3S.C10H13NO2S.C10H9NO2S.CH4.H2/c2*1-7(14)13-11-10(12(15)16-2)8-5-3-4-6-9(8)17-11;2*1-13-10(12)8-6-4-2-3-5-7(6)14-9(8)11;;/h3-6H2,1-2H3,(H,13,14);3-6H,1-2H3,(H,13,14);2-5,11H2,1H3;2-5H,11H2,1H3;1H4;1H/i;;;;;1+1D. The van der Waals surface area contributed by atoms with Crippen molar-refractivity contribution in [2.24, 2.45) is 0 Å². The Morgan fingerprint density at radius 3 is 1.43 bits per heavy atom. The molecule has 0 saturated carbocycles. The number of esters is 4. The summed E-state index contributed by atoms with van der Waals surface area (Å²) in [4.78, 5) is 71.1. The van der Waals surface area contributed by atoms with Gasteiger partial charge in [-0.1, -0.05) is 43.8 Å². The molecule has 2 aromatic carbocycles. The fourth-order valence-corrected chi connectivity index (χ4v) is 11.6.